The van der Waals surface area contributed by atoms with Crippen LogP contribution in [0.5, 0.6) is 0 Å². The molecule has 23 heavy (non-hydrogen) atoms. The monoisotopic (exact) mass is 325 g/mol. The molecule has 0 atom stereocenters. The molecule has 1 aromatic carbocycles. The third-order valence-corrected chi connectivity index (χ3v) is 4.16. The highest BCUT2D eigenvalue weighted by molar-refractivity contribution is 7.12. The van der Waals surface area contributed by atoms with Crippen molar-refractivity contribution < 1.29 is 9.59 Å². The predicted molar refractivity (Wildman–Crippen MR) is 91.6 cm³/mol. The fraction of sp³-hybridized carbons (Fsp3) is 0.118. The van der Waals surface area contributed by atoms with E-state index in [1.54, 1.807) is 12.3 Å². The van der Waals surface area contributed by atoms with Crippen LogP contribution >= 0.6 is 11.3 Å². The zero-order valence-electron chi connectivity index (χ0n) is 12.3. The molecule has 0 aliphatic heterocycles. The Balaban J connectivity index is 1.56. The first-order valence-corrected chi connectivity index (χ1v) is 8.07. The van der Waals surface area contributed by atoms with Crippen molar-refractivity contribution >= 4 is 39.7 Å². The quantitative estimate of drug-likeness (QED) is 0.757. The molecule has 116 valence electrons. The summed E-state index contributed by atoms with van der Waals surface area (Å²) in [4.78, 5) is 28.8. The molecule has 0 radical (unpaired) electrons. The van der Waals surface area contributed by atoms with Crippen LogP contribution in [0.15, 0.2) is 54.0 Å². The number of benzene rings is 1. The van der Waals surface area contributed by atoms with Crippen LogP contribution in [0.2, 0.25) is 0 Å². The number of carbonyl (C=O) groups is 2. The van der Waals surface area contributed by atoms with Gasteiger partial charge < -0.3 is 10.6 Å². The number of aromatic nitrogens is 1. The van der Waals surface area contributed by atoms with Gasteiger partial charge in [0.1, 0.15) is 0 Å². The minimum atomic E-state index is -0.158. The second-order valence-electron chi connectivity index (χ2n) is 4.91. The molecule has 2 aromatic heterocycles. The summed E-state index contributed by atoms with van der Waals surface area (Å²) in [5.41, 5.74) is 1.43. The maximum atomic E-state index is 12.0. The molecule has 0 unspecified atom stereocenters. The molecule has 3 aromatic rings. The summed E-state index contributed by atoms with van der Waals surface area (Å²) in [5, 5.41) is 8.39. The first-order chi connectivity index (χ1) is 11.2. The van der Waals surface area contributed by atoms with Gasteiger partial charge in [0.15, 0.2) is 0 Å². The summed E-state index contributed by atoms with van der Waals surface area (Å²) >= 11 is 1.37. The van der Waals surface area contributed by atoms with Crippen molar-refractivity contribution in [3.63, 3.8) is 0 Å². The number of rotatable bonds is 5. The van der Waals surface area contributed by atoms with Gasteiger partial charge in [0, 0.05) is 24.5 Å². The van der Waals surface area contributed by atoms with E-state index in [2.05, 4.69) is 15.6 Å². The van der Waals surface area contributed by atoms with E-state index in [0.29, 0.717) is 17.1 Å². The summed E-state index contributed by atoms with van der Waals surface area (Å²) in [6.45, 7) is 0.292. The van der Waals surface area contributed by atoms with E-state index in [9.17, 15) is 9.59 Å². The minimum Gasteiger partial charge on any atom is -0.351 e. The highest BCUT2D eigenvalue weighted by Gasteiger charge is 2.09. The molecule has 0 fully saturated rings. The Labute approximate surface area is 137 Å². The molecular weight excluding hydrogens is 310 g/mol. The first kappa shape index (κ1) is 15.2. The van der Waals surface area contributed by atoms with E-state index in [4.69, 9.17) is 0 Å². The second kappa shape index (κ2) is 7.02. The average Bonchev–Trinajstić information content (AvgIpc) is 3.10. The summed E-state index contributed by atoms with van der Waals surface area (Å²) in [6, 6.07) is 13.0. The third kappa shape index (κ3) is 3.73. The lowest BCUT2D eigenvalue weighted by molar-refractivity contribution is -0.116. The van der Waals surface area contributed by atoms with Crippen molar-refractivity contribution in [2.24, 2.45) is 0 Å². The minimum absolute atomic E-state index is 0.153. The third-order valence-electron chi connectivity index (χ3n) is 3.29. The van der Waals surface area contributed by atoms with Crippen LogP contribution in [0.4, 0.5) is 5.69 Å². The average molecular weight is 325 g/mol. The molecule has 6 heteroatoms. The lowest BCUT2D eigenvalue weighted by atomic mass is 10.2. The number of nitrogens with one attached hydrogen (secondary N) is 2. The Morgan fingerprint density at radius 2 is 1.96 bits per heavy atom. The molecular formula is C17H15N3O2S. The normalized spacial score (nSPS) is 10.4. The number of nitrogens with zero attached hydrogens (tertiary/aromatic N) is 1. The molecule has 0 bridgehead atoms. The standard InChI is InChI=1S/C17H15N3O2S/c21-15(8-10-19-17(22)14-7-3-11-23-14)20-13-6-1-4-12-5-2-9-18-16(12)13/h1-7,9,11H,8,10H2,(H,19,22)(H,20,21). The molecule has 2 N–H and O–H groups in total. The summed E-state index contributed by atoms with van der Waals surface area (Å²) in [5.74, 6) is -0.311. The van der Waals surface area contributed by atoms with Crippen LogP contribution in [0.25, 0.3) is 10.9 Å². The molecule has 2 heterocycles. The van der Waals surface area contributed by atoms with Gasteiger partial charge in [0.25, 0.3) is 5.91 Å². The van der Waals surface area contributed by atoms with Gasteiger partial charge in [0.05, 0.1) is 16.1 Å². The van der Waals surface area contributed by atoms with Gasteiger partial charge in [-0.25, -0.2) is 0 Å². The first-order valence-electron chi connectivity index (χ1n) is 7.19. The Morgan fingerprint density at radius 3 is 2.78 bits per heavy atom. The van der Waals surface area contributed by atoms with Crippen LogP contribution in [0.1, 0.15) is 16.1 Å². The highest BCUT2D eigenvalue weighted by Crippen LogP contribution is 2.20. The van der Waals surface area contributed by atoms with Crippen LogP contribution in [-0.2, 0) is 4.79 Å². The molecule has 3 rings (SSSR count). The van der Waals surface area contributed by atoms with E-state index in [1.807, 2.05) is 41.8 Å². The van der Waals surface area contributed by atoms with E-state index < -0.39 is 0 Å². The maximum absolute atomic E-state index is 12.0. The Morgan fingerprint density at radius 1 is 1.09 bits per heavy atom. The Hall–Kier alpha value is -2.73. The van der Waals surface area contributed by atoms with E-state index in [0.717, 1.165) is 10.9 Å². The SMILES string of the molecule is O=C(CCNC(=O)c1cccs1)Nc1cccc2cccnc12. The highest BCUT2D eigenvalue weighted by atomic mass is 32.1. The zero-order valence-corrected chi connectivity index (χ0v) is 13.1. The largest absolute Gasteiger partial charge is 0.351 e. The molecule has 0 saturated carbocycles. The fourth-order valence-corrected chi connectivity index (χ4v) is 2.84. The Bertz CT molecular complexity index is 825. The van der Waals surface area contributed by atoms with Gasteiger partial charge in [-0.2, -0.15) is 0 Å². The Kier molecular flexibility index (Phi) is 4.63. The molecule has 0 aliphatic carbocycles. The molecule has 0 spiro atoms. The van der Waals surface area contributed by atoms with Crippen molar-refractivity contribution in [2.75, 3.05) is 11.9 Å². The predicted octanol–water partition coefficient (Wildman–Crippen LogP) is 3.05. The van der Waals surface area contributed by atoms with Gasteiger partial charge in [-0.1, -0.05) is 24.3 Å². The van der Waals surface area contributed by atoms with Crippen molar-refractivity contribution in [2.45, 2.75) is 6.42 Å². The van der Waals surface area contributed by atoms with Crippen LogP contribution in [0, 0.1) is 0 Å². The number of para-hydroxylation sites is 1. The van der Waals surface area contributed by atoms with Crippen molar-refractivity contribution in [1.82, 2.24) is 10.3 Å². The lowest BCUT2D eigenvalue weighted by Gasteiger charge is -2.08. The zero-order chi connectivity index (χ0) is 16.1. The van der Waals surface area contributed by atoms with E-state index in [1.165, 1.54) is 11.3 Å². The number of thiophene rings is 1. The number of fused-ring (bicyclic) bond motifs is 1. The van der Waals surface area contributed by atoms with E-state index in [-0.39, 0.29) is 18.2 Å². The summed E-state index contributed by atoms with van der Waals surface area (Å²) < 4.78 is 0. The van der Waals surface area contributed by atoms with Crippen LogP contribution in [-0.4, -0.2) is 23.3 Å². The maximum Gasteiger partial charge on any atom is 0.261 e. The summed E-state index contributed by atoms with van der Waals surface area (Å²) in [7, 11) is 0. The molecule has 5 nitrogen and oxygen atoms in total. The van der Waals surface area contributed by atoms with Crippen molar-refractivity contribution in [3.8, 4) is 0 Å². The number of pyridine rings is 1. The topological polar surface area (TPSA) is 71.1 Å². The molecule has 0 saturated heterocycles. The van der Waals surface area contributed by atoms with Crippen LogP contribution in [0.3, 0.4) is 0 Å². The number of hydrogen-bond donors (Lipinski definition) is 2. The lowest BCUT2D eigenvalue weighted by Crippen LogP contribution is -2.27. The van der Waals surface area contributed by atoms with Gasteiger partial charge in [-0.15, -0.1) is 11.3 Å². The van der Waals surface area contributed by atoms with Gasteiger partial charge in [-0.05, 0) is 23.6 Å². The number of carbonyl (C=O) groups excluding carboxylic acids is 2. The fourth-order valence-electron chi connectivity index (χ4n) is 2.20. The van der Waals surface area contributed by atoms with Crippen LogP contribution < -0.4 is 10.6 Å². The van der Waals surface area contributed by atoms with Gasteiger partial charge >= 0.3 is 0 Å². The van der Waals surface area contributed by atoms with Gasteiger partial charge in [-0.3, -0.25) is 14.6 Å². The second-order valence-corrected chi connectivity index (χ2v) is 5.86. The van der Waals surface area contributed by atoms with Crippen molar-refractivity contribution in [1.29, 1.82) is 0 Å². The molecule has 0 aliphatic rings. The van der Waals surface area contributed by atoms with E-state index >= 15 is 0 Å². The number of anilines is 1. The van der Waals surface area contributed by atoms with Crippen molar-refractivity contribution in [3.05, 3.63) is 58.9 Å². The number of hydrogen-bond acceptors (Lipinski definition) is 4. The molecule has 2 amide bonds. The smallest absolute Gasteiger partial charge is 0.261 e. The summed E-state index contributed by atoms with van der Waals surface area (Å²) in [6.07, 6.45) is 1.90. The number of amides is 2. The van der Waals surface area contributed by atoms with Gasteiger partial charge in [0.2, 0.25) is 5.91 Å².